The number of nitrogens with two attached hydrogens (primary N) is 1. The molecule has 7 heteroatoms. The van der Waals surface area contributed by atoms with Crippen LogP contribution in [0.5, 0.6) is 0 Å². The summed E-state index contributed by atoms with van der Waals surface area (Å²) in [5.41, 5.74) is 6.67. The Balaban J connectivity index is 2.85. The first-order chi connectivity index (χ1) is 8.36. The smallest absolute Gasteiger partial charge is 0.301 e. The lowest BCUT2D eigenvalue weighted by atomic mass is 10.2. The zero-order chi connectivity index (χ0) is 13.8. The topological polar surface area (TPSA) is 75.4 Å². The molecule has 5 nitrogen and oxygen atoms in total. The largest absolute Gasteiger partial charge is 0.330 e. The van der Waals surface area contributed by atoms with Crippen molar-refractivity contribution in [3.63, 3.8) is 0 Å². The van der Waals surface area contributed by atoms with Crippen molar-refractivity contribution in [2.45, 2.75) is 13.3 Å². The highest BCUT2D eigenvalue weighted by Gasteiger charge is 2.18. The van der Waals surface area contributed by atoms with Gasteiger partial charge in [-0.25, -0.2) is 0 Å². The first-order valence-electron chi connectivity index (χ1n) is 5.57. The molecule has 0 aliphatic rings. The lowest BCUT2D eigenvalue weighted by molar-refractivity contribution is 0.468. The Labute approximate surface area is 113 Å². The van der Waals surface area contributed by atoms with Gasteiger partial charge >= 0.3 is 10.2 Å². The standard InChI is InChI=1S/C11H18ClN3O2S/c1-9-4-5-10(12)11(8-9)14-18(16,17)15(2)7-3-6-13/h4-5,8,14H,3,6-7,13H2,1-2H3. The van der Waals surface area contributed by atoms with Crippen LogP contribution in [-0.4, -0.2) is 32.9 Å². The van der Waals surface area contributed by atoms with Crippen molar-refractivity contribution >= 4 is 27.5 Å². The number of aryl methyl sites for hydroxylation is 1. The monoisotopic (exact) mass is 291 g/mol. The normalized spacial score (nSPS) is 11.8. The van der Waals surface area contributed by atoms with Gasteiger partial charge in [-0.05, 0) is 37.6 Å². The molecule has 0 unspecified atom stereocenters. The van der Waals surface area contributed by atoms with E-state index in [1.54, 1.807) is 12.1 Å². The van der Waals surface area contributed by atoms with Crippen LogP contribution in [0, 0.1) is 6.92 Å². The average Bonchev–Trinajstić information content (AvgIpc) is 2.30. The van der Waals surface area contributed by atoms with E-state index in [-0.39, 0.29) is 0 Å². The molecular weight excluding hydrogens is 274 g/mol. The van der Waals surface area contributed by atoms with Crippen LogP contribution < -0.4 is 10.5 Å². The van der Waals surface area contributed by atoms with Crippen LogP contribution in [0.2, 0.25) is 5.02 Å². The molecule has 18 heavy (non-hydrogen) atoms. The zero-order valence-corrected chi connectivity index (χ0v) is 12.1. The number of rotatable bonds is 6. The molecule has 1 aromatic carbocycles. The first-order valence-corrected chi connectivity index (χ1v) is 7.39. The van der Waals surface area contributed by atoms with Gasteiger partial charge in [0.15, 0.2) is 0 Å². The third kappa shape index (κ3) is 4.13. The number of hydrogen-bond acceptors (Lipinski definition) is 3. The molecule has 1 rings (SSSR count). The van der Waals surface area contributed by atoms with Crippen molar-refractivity contribution in [3.8, 4) is 0 Å². The van der Waals surface area contributed by atoms with E-state index in [4.69, 9.17) is 17.3 Å². The Kier molecular flexibility index (Phi) is 5.40. The van der Waals surface area contributed by atoms with Gasteiger partial charge in [-0.3, -0.25) is 4.72 Å². The maximum atomic E-state index is 12.0. The lowest BCUT2D eigenvalue weighted by Crippen LogP contribution is -2.34. The number of nitrogens with one attached hydrogen (secondary N) is 1. The number of hydrogen-bond donors (Lipinski definition) is 2. The molecular formula is C11H18ClN3O2S. The molecule has 102 valence electrons. The molecule has 0 fully saturated rings. The molecule has 0 amide bonds. The minimum absolute atomic E-state index is 0.370. The van der Waals surface area contributed by atoms with Crippen LogP contribution in [0.15, 0.2) is 18.2 Å². The second-order valence-corrected chi connectivity index (χ2v) is 6.24. The van der Waals surface area contributed by atoms with Crippen molar-refractivity contribution in [3.05, 3.63) is 28.8 Å². The first kappa shape index (κ1) is 15.2. The number of nitrogens with zero attached hydrogens (tertiary/aromatic N) is 1. The molecule has 3 N–H and O–H groups in total. The summed E-state index contributed by atoms with van der Waals surface area (Å²) < 4.78 is 27.7. The zero-order valence-electron chi connectivity index (χ0n) is 10.5. The van der Waals surface area contributed by atoms with E-state index in [1.165, 1.54) is 11.4 Å². The number of anilines is 1. The summed E-state index contributed by atoms with van der Waals surface area (Å²) in [5.74, 6) is 0. The highest BCUT2D eigenvalue weighted by molar-refractivity contribution is 7.90. The lowest BCUT2D eigenvalue weighted by Gasteiger charge is -2.18. The van der Waals surface area contributed by atoms with Crippen LogP contribution in [0.1, 0.15) is 12.0 Å². The molecule has 0 radical (unpaired) electrons. The second-order valence-electron chi connectivity index (χ2n) is 4.05. The molecule has 0 aliphatic carbocycles. The minimum atomic E-state index is -3.58. The predicted molar refractivity (Wildman–Crippen MR) is 75.0 cm³/mol. The van der Waals surface area contributed by atoms with E-state index in [2.05, 4.69) is 4.72 Å². The minimum Gasteiger partial charge on any atom is -0.330 e. The molecule has 0 atom stereocenters. The Morgan fingerprint density at radius 3 is 2.72 bits per heavy atom. The summed E-state index contributed by atoms with van der Waals surface area (Å²) in [6.45, 7) is 2.69. The van der Waals surface area contributed by atoms with E-state index in [0.29, 0.717) is 30.2 Å². The maximum absolute atomic E-state index is 12.0. The van der Waals surface area contributed by atoms with Gasteiger partial charge in [0.1, 0.15) is 0 Å². The molecule has 0 spiro atoms. The van der Waals surface area contributed by atoms with Gasteiger partial charge in [-0.2, -0.15) is 12.7 Å². The fraction of sp³-hybridized carbons (Fsp3) is 0.455. The number of halogens is 1. The Bertz CT molecular complexity index is 505. The summed E-state index contributed by atoms with van der Waals surface area (Å²) in [6.07, 6.45) is 0.610. The van der Waals surface area contributed by atoms with E-state index >= 15 is 0 Å². The predicted octanol–water partition coefficient (Wildman–Crippen LogP) is 1.59. The van der Waals surface area contributed by atoms with Gasteiger partial charge in [0.05, 0.1) is 10.7 Å². The Hall–Kier alpha value is -0.820. The van der Waals surface area contributed by atoms with E-state index in [9.17, 15) is 8.42 Å². The Morgan fingerprint density at radius 1 is 1.44 bits per heavy atom. The molecule has 0 aliphatic heterocycles. The third-order valence-electron chi connectivity index (χ3n) is 2.45. The van der Waals surface area contributed by atoms with Gasteiger partial charge in [-0.1, -0.05) is 17.7 Å². The van der Waals surface area contributed by atoms with E-state index in [0.717, 1.165) is 5.56 Å². The molecule has 0 heterocycles. The highest BCUT2D eigenvalue weighted by Crippen LogP contribution is 2.24. The third-order valence-corrected chi connectivity index (χ3v) is 4.26. The fourth-order valence-electron chi connectivity index (χ4n) is 1.37. The Morgan fingerprint density at radius 2 is 2.11 bits per heavy atom. The van der Waals surface area contributed by atoms with Gasteiger partial charge in [0.2, 0.25) is 0 Å². The van der Waals surface area contributed by atoms with Crippen molar-refractivity contribution in [1.29, 1.82) is 0 Å². The molecule has 0 bridgehead atoms. The SMILES string of the molecule is Cc1ccc(Cl)c(NS(=O)(=O)N(C)CCCN)c1. The maximum Gasteiger partial charge on any atom is 0.301 e. The van der Waals surface area contributed by atoms with Crippen LogP contribution >= 0.6 is 11.6 Å². The summed E-state index contributed by atoms with van der Waals surface area (Å²) in [5, 5.41) is 0.372. The van der Waals surface area contributed by atoms with Crippen molar-refractivity contribution in [2.75, 3.05) is 24.9 Å². The van der Waals surface area contributed by atoms with Crippen molar-refractivity contribution in [1.82, 2.24) is 4.31 Å². The van der Waals surface area contributed by atoms with Gasteiger partial charge in [0.25, 0.3) is 0 Å². The van der Waals surface area contributed by atoms with Crippen LogP contribution in [0.25, 0.3) is 0 Å². The second kappa shape index (κ2) is 6.38. The van der Waals surface area contributed by atoms with Crippen molar-refractivity contribution < 1.29 is 8.42 Å². The summed E-state index contributed by atoms with van der Waals surface area (Å²) in [6, 6.07) is 5.17. The number of benzene rings is 1. The molecule has 0 saturated heterocycles. The quantitative estimate of drug-likeness (QED) is 0.836. The van der Waals surface area contributed by atoms with Crippen LogP contribution in [-0.2, 0) is 10.2 Å². The fourth-order valence-corrected chi connectivity index (χ4v) is 2.56. The van der Waals surface area contributed by atoms with E-state index in [1.807, 2.05) is 13.0 Å². The highest BCUT2D eigenvalue weighted by atomic mass is 35.5. The molecule has 1 aromatic rings. The van der Waals surface area contributed by atoms with Gasteiger partial charge < -0.3 is 5.73 Å². The average molecular weight is 292 g/mol. The molecule has 0 saturated carbocycles. The van der Waals surface area contributed by atoms with Crippen LogP contribution in [0.4, 0.5) is 5.69 Å². The van der Waals surface area contributed by atoms with Crippen molar-refractivity contribution in [2.24, 2.45) is 5.73 Å². The summed E-state index contributed by atoms with van der Waals surface area (Å²) in [4.78, 5) is 0. The summed E-state index contributed by atoms with van der Waals surface area (Å²) >= 11 is 5.95. The van der Waals surface area contributed by atoms with E-state index < -0.39 is 10.2 Å². The molecule has 0 aromatic heterocycles. The van der Waals surface area contributed by atoms with Crippen LogP contribution in [0.3, 0.4) is 0 Å². The van der Waals surface area contributed by atoms with Gasteiger partial charge in [0, 0.05) is 13.6 Å². The van der Waals surface area contributed by atoms with Gasteiger partial charge in [-0.15, -0.1) is 0 Å². The summed E-state index contributed by atoms with van der Waals surface area (Å²) in [7, 11) is -2.08.